The number of carbonyl (C=O) groups excluding carboxylic acids is 1. The normalized spacial score (nSPS) is 13.4. The molecule has 1 heterocycles. The molecule has 1 unspecified atom stereocenters. The zero-order valence-electron chi connectivity index (χ0n) is 9.31. The monoisotopic (exact) mass is 319 g/mol. The summed E-state index contributed by atoms with van der Waals surface area (Å²) in [4.78, 5) is 12.8. The summed E-state index contributed by atoms with van der Waals surface area (Å²) in [5.74, 6) is -0.868. The quantitative estimate of drug-likeness (QED) is 0.335. The van der Waals surface area contributed by atoms with Gasteiger partial charge in [-0.05, 0) is 34.5 Å². The SMILES string of the molecule is CCC(C(=O)NCc1ccc(Br)s1)C(N)=NO. The highest BCUT2D eigenvalue weighted by atomic mass is 79.9. The number of amidine groups is 1. The molecule has 0 aliphatic carbocycles. The minimum absolute atomic E-state index is 0.0580. The van der Waals surface area contributed by atoms with Gasteiger partial charge in [0.05, 0.1) is 16.2 Å². The first-order valence-electron chi connectivity index (χ1n) is 5.07. The third kappa shape index (κ3) is 4.01. The van der Waals surface area contributed by atoms with Crippen molar-refractivity contribution < 1.29 is 10.0 Å². The average molecular weight is 320 g/mol. The molecule has 1 aromatic heterocycles. The third-order valence-corrected chi connectivity index (χ3v) is 3.89. The lowest BCUT2D eigenvalue weighted by atomic mass is 10.1. The predicted octanol–water partition coefficient (Wildman–Crippen LogP) is 1.90. The number of rotatable bonds is 5. The Balaban J connectivity index is 2.54. The second-order valence-corrected chi connectivity index (χ2v) is 5.96. The third-order valence-electron chi connectivity index (χ3n) is 2.26. The molecular weight excluding hydrogens is 306 g/mol. The van der Waals surface area contributed by atoms with E-state index in [4.69, 9.17) is 10.9 Å². The van der Waals surface area contributed by atoms with E-state index in [1.54, 1.807) is 11.3 Å². The second-order valence-electron chi connectivity index (χ2n) is 3.41. The number of amides is 1. The van der Waals surface area contributed by atoms with Crippen molar-refractivity contribution in [3.05, 3.63) is 20.8 Å². The minimum atomic E-state index is -0.580. The van der Waals surface area contributed by atoms with Gasteiger partial charge in [0.2, 0.25) is 5.91 Å². The fourth-order valence-electron chi connectivity index (χ4n) is 1.34. The summed E-state index contributed by atoms with van der Waals surface area (Å²) < 4.78 is 1.02. The molecule has 0 aliphatic heterocycles. The van der Waals surface area contributed by atoms with Crippen molar-refractivity contribution in [1.29, 1.82) is 0 Å². The van der Waals surface area contributed by atoms with E-state index in [9.17, 15) is 4.79 Å². The van der Waals surface area contributed by atoms with Gasteiger partial charge in [0.25, 0.3) is 0 Å². The highest BCUT2D eigenvalue weighted by Gasteiger charge is 2.20. The molecule has 0 fully saturated rings. The van der Waals surface area contributed by atoms with Crippen LogP contribution in [0.2, 0.25) is 0 Å². The standard InChI is InChI=1S/C10H14BrN3O2S/c1-2-7(9(12)14-16)10(15)13-5-6-3-4-8(11)17-6/h3-4,7,16H,2,5H2,1H3,(H2,12,14)(H,13,15). The zero-order chi connectivity index (χ0) is 12.8. The lowest BCUT2D eigenvalue weighted by molar-refractivity contribution is -0.123. The molecule has 0 bridgehead atoms. The number of hydrogen-bond acceptors (Lipinski definition) is 4. The van der Waals surface area contributed by atoms with Crippen molar-refractivity contribution in [3.63, 3.8) is 0 Å². The maximum atomic E-state index is 11.8. The van der Waals surface area contributed by atoms with Crippen molar-refractivity contribution in [2.24, 2.45) is 16.8 Å². The first-order chi connectivity index (χ1) is 8.08. The molecule has 1 rings (SSSR count). The van der Waals surface area contributed by atoms with Crippen LogP contribution in [-0.4, -0.2) is 17.0 Å². The van der Waals surface area contributed by atoms with Gasteiger partial charge in [-0.25, -0.2) is 0 Å². The van der Waals surface area contributed by atoms with E-state index in [1.807, 2.05) is 19.1 Å². The van der Waals surface area contributed by atoms with Gasteiger partial charge in [0.1, 0.15) is 0 Å². The van der Waals surface area contributed by atoms with E-state index in [0.717, 1.165) is 8.66 Å². The van der Waals surface area contributed by atoms with E-state index < -0.39 is 5.92 Å². The van der Waals surface area contributed by atoms with Crippen molar-refractivity contribution in [1.82, 2.24) is 5.32 Å². The maximum Gasteiger partial charge on any atom is 0.231 e. The van der Waals surface area contributed by atoms with Crippen molar-refractivity contribution in [3.8, 4) is 0 Å². The Morgan fingerprint density at radius 3 is 2.88 bits per heavy atom. The number of nitrogens with one attached hydrogen (secondary N) is 1. The topological polar surface area (TPSA) is 87.7 Å². The predicted molar refractivity (Wildman–Crippen MR) is 71.1 cm³/mol. The van der Waals surface area contributed by atoms with Gasteiger partial charge in [0.15, 0.2) is 5.84 Å². The molecule has 0 saturated heterocycles. The molecular formula is C10H14BrN3O2S. The van der Waals surface area contributed by atoms with E-state index in [1.165, 1.54) is 0 Å². The van der Waals surface area contributed by atoms with Crippen LogP contribution in [0.3, 0.4) is 0 Å². The van der Waals surface area contributed by atoms with Gasteiger partial charge in [-0.1, -0.05) is 12.1 Å². The van der Waals surface area contributed by atoms with Gasteiger partial charge in [-0.3, -0.25) is 4.79 Å². The molecule has 0 aromatic carbocycles. The van der Waals surface area contributed by atoms with Crippen molar-refractivity contribution in [2.75, 3.05) is 0 Å². The number of nitrogens with two attached hydrogens (primary N) is 1. The van der Waals surface area contributed by atoms with Crippen molar-refractivity contribution in [2.45, 2.75) is 19.9 Å². The Morgan fingerprint density at radius 2 is 2.41 bits per heavy atom. The number of nitrogens with zero attached hydrogens (tertiary/aromatic N) is 1. The zero-order valence-corrected chi connectivity index (χ0v) is 11.7. The summed E-state index contributed by atoms with van der Waals surface area (Å²) in [6.45, 7) is 2.26. The van der Waals surface area contributed by atoms with E-state index >= 15 is 0 Å². The van der Waals surface area contributed by atoms with Gasteiger partial charge in [0, 0.05) is 4.88 Å². The molecule has 0 radical (unpaired) electrons. The van der Waals surface area contributed by atoms with E-state index in [-0.39, 0.29) is 11.7 Å². The highest BCUT2D eigenvalue weighted by Crippen LogP contribution is 2.21. The summed E-state index contributed by atoms with van der Waals surface area (Å²) in [5.41, 5.74) is 5.44. The molecule has 1 atom stereocenters. The van der Waals surface area contributed by atoms with Gasteiger partial charge < -0.3 is 16.3 Å². The Hall–Kier alpha value is -1.08. The number of thiophene rings is 1. The highest BCUT2D eigenvalue weighted by molar-refractivity contribution is 9.11. The van der Waals surface area contributed by atoms with Crippen LogP contribution in [0.4, 0.5) is 0 Å². The van der Waals surface area contributed by atoms with Crippen molar-refractivity contribution >= 4 is 39.0 Å². The molecule has 0 spiro atoms. The molecule has 0 saturated carbocycles. The van der Waals surface area contributed by atoms with Crippen LogP contribution in [0.5, 0.6) is 0 Å². The first-order valence-corrected chi connectivity index (χ1v) is 6.68. The molecule has 4 N–H and O–H groups in total. The first kappa shape index (κ1) is 14.0. The summed E-state index contributed by atoms with van der Waals surface area (Å²) >= 11 is 4.90. The fourth-order valence-corrected chi connectivity index (χ4v) is 2.77. The van der Waals surface area contributed by atoms with Crippen LogP contribution in [0.15, 0.2) is 21.1 Å². The molecule has 94 valence electrons. The van der Waals surface area contributed by atoms with E-state index in [0.29, 0.717) is 13.0 Å². The minimum Gasteiger partial charge on any atom is -0.409 e. The Kier molecular flexibility index (Phi) is 5.43. The summed E-state index contributed by atoms with van der Waals surface area (Å²) in [6, 6.07) is 3.85. The number of halogens is 1. The number of carbonyl (C=O) groups is 1. The number of hydrogen-bond donors (Lipinski definition) is 3. The Labute approximate surface area is 112 Å². The molecule has 0 aliphatic rings. The second kappa shape index (κ2) is 6.61. The fraction of sp³-hybridized carbons (Fsp3) is 0.400. The van der Waals surface area contributed by atoms with Gasteiger partial charge in [-0.15, -0.1) is 11.3 Å². The molecule has 7 heteroatoms. The number of oxime groups is 1. The Morgan fingerprint density at radius 1 is 1.71 bits per heavy atom. The smallest absolute Gasteiger partial charge is 0.231 e. The van der Waals surface area contributed by atoms with E-state index in [2.05, 4.69) is 26.4 Å². The van der Waals surface area contributed by atoms with Crippen LogP contribution in [0, 0.1) is 5.92 Å². The van der Waals surface area contributed by atoms with Gasteiger partial charge >= 0.3 is 0 Å². The molecule has 1 amide bonds. The van der Waals surface area contributed by atoms with Crippen LogP contribution in [-0.2, 0) is 11.3 Å². The van der Waals surface area contributed by atoms with Crippen LogP contribution in [0.1, 0.15) is 18.2 Å². The van der Waals surface area contributed by atoms with Gasteiger partial charge in [-0.2, -0.15) is 0 Å². The Bertz CT molecular complexity index is 419. The molecule has 17 heavy (non-hydrogen) atoms. The summed E-state index contributed by atoms with van der Waals surface area (Å²) in [7, 11) is 0. The summed E-state index contributed by atoms with van der Waals surface area (Å²) in [5, 5.41) is 14.2. The van der Waals surface area contributed by atoms with Crippen LogP contribution in [0.25, 0.3) is 0 Å². The van der Waals surface area contributed by atoms with Crippen LogP contribution < -0.4 is 11.1 Å². The molecule has 1 aromatic rings. The van der Waals surface area contributed by atoms with Crippen LogP contribution >= 0.6 is 27.3 Å². The maximum absolute atomic E-state index is 11.8. The summed E-state index contributed by atoms with van der Waals surface area (Å²) in [6.07, 6.45) is 0.496. The molecule has 5 nitrogen and oxygen atoms in total. The largest absolute Gasteiger partial charge is 0.409 e. The lowest BCUT2D eigenvalue weighted by Crippen LogP contribution is -2.38. The lowest BCUT2D eigenvalue weighted by Gasteiger charge is -2.12. The average Bonchev–Trinajstić information content (AvgIpc) is 2.73.